The standard InChI is InChI=1S/C13H16O3/c14-10-2-1-8-7-9-3-4-13(12(9)11(8)10)15-5-6-16-13/h9,12H,1-7H2/t9-,12-/m0/s1. The van der Waals surface area contributed by atoms with E-state index in [1.807, 2.05) is 0 Å². The predicted octanol–water partition coefficient (Wildman–Crippen LogP) is 1.82. The molecule has 0 amide bonds. The molecule has 1 saturated carbocycles. The van der Waals surface area contributed by atoms with E-state index in [0.717, 1.165) is 37.7 Å². The van der Waals surface area contributed by atoms with Gasteiger partial charge in [-0.15, -0.1) is 0 Å². The van der Waals surface area contributed by atoms with Crippen LogP contribution in [0.25, 0.3) is 0 Å². The quantitative estimate of drug-likeness (QED) is 0.624. The Morgan fingerprint density at radius 2 is 2.00 bits per heavy atom. The number of hydrogen-bond donors (Lipinski definition) is 0. The highest BCUT2D eigenvalue weighted by Gasteiger charge is 2.59. The highest BCUT2D eigenvalue weighted by molar-refractivity contribution is 6.00. The number of Topliss-reactive ketones (excluding diaryl/α,β-unsaturated/α-hetero) is 1. The van der Waals surface area contributed by atoms with Gasteiger partial charge in [0, 0.05) is 24.3 Å². The van der Waals surface area contributed by atoms with Gasteiger partial charge >= 0.3 is 0 Å². The molecule has 3 aliphatic carbocycles. The molecule has 0 bridgehead atoms. The average Bonchev–Trinajstić information content (AvgIpc) is 2.97. The van der Waals surface area contributed by atoms with Crippen LogP contribution in [0.4, 0.5) is 0 Å². The lowest BCUT2D eigenvalue weighted by Gasteiger charge is -2.30. The normalized spacial score (nSPS) is 39.9. The van der Waals surface area contributed by atoms with E-state index in [4.69, 9.17) is 9.47 Å². The van der Waals surface area contributed by atoms with Crippen molar-refractivity contribution in [3.05, 3.63) is 11.1 Å². The molecule has 0 aromatic carbocycles. The maximum atomic E-state index is 12.0. The molecule has 0 radical (unpaired) electrons. The zero-order chi connectivity index (χ0) is 10.8. The smallest absolute Gasteiger partial charge is 0.175 e. The summed E-state index contributed by atoms with van der Waals surface area (Å²) in [5, 5.41) is 0. The van der Waals surface area contributed by atoms with E-state index in [9.17, 15) is 4.79 Å². The van der Waals surface area contributed by atoms with E-state index in [-0.39, 0.29) is 5.92 Å². The molecule has 4 aliphatic rings. The van der Waals surface area contributed by atoms with E-state index in [1.54, 1.807) is 0 Å². The molecule has 0 aromatic rings. The molecule has 1 saturated heterocycles. The lowest BCUT2D eigenvalue weighted by molar-refractivity contribution is -0.176. The summed E-state index contributed by atoms with van der Waals surface area (Å²) < 4.78 is 11.7. The average molecular weight is 220 g/mol. The van der Waals surface area contributed by atoms with Gasteiger partial charge in [-0.2, -0.15) is 0 Å². The van der Waals surface area contributed by atoms with Crippen molar-refractivity contribution in [1.82, 2.24) is 0 Å². The molecule has 4 rings (SSSR count). The maximum Gasteiger partial charge on any atom is 0.175 e. The molecular weight excluding hydrogens is 204 g/mol. The SMILES string of the molecule is O=C1CCC2=C1[C@@H]1[C@@H](CCC13OCCO3)C2. The van der Waals surface area contributed by atoms with E-state index >= 15 is 0 Å². The molecule has 2 fully saturated rings. The van der Waals surface area contributed by atoms with Gasteiger partial charge in [-0.1, -0.05) is 5.57 Å². The fraction of sp³-hybridized carbons (Fsp3) is 0.769. The molecule has 0 aromatic heterocycles. The second-order valence-corrected chi connectivity index (χ2v) is 5.43. The molecule has 3 heteroatoms. The number of rotatable bonds is 0. The van der Waals surface area contributed by atoms with Crippen LogP contribution in [0.5, 0.6) is 0 Å². The summed E-state index contributed by atoms with van der Waals surface area (Å²) >= 11 is 0. The van der Waals surface area contributed by atoms with Crippen LogP contribution < -0.4 is 0 Å². The van der Waals surface area contributed by atoms with Crippen LogP contribution in [-0.2, 0) is 14.3 Å². The van der Waals surface area contributed by atoms with Gasteiger partial charge < -0.3 is 9.47 Å². The first-order valence-corrected chi connectivity index (χ1v) is 6.33. The number of carbonyl (C=O) groups is 1. The Morgan fingerprint density at radius 1 is 1.19 bits per heavy atom. The summed E-state index contributed by atoms with van der Waals surface area (Å²) in [6, 6.07) is 0. The highest BCUT2D eigenvalue weighted by atomic mass is 16.7. The number of ether oxygens (including phenoxy) is 2. The van der Waals surface area contributed by atoms with Crippen molar-refractivity contribution < 1.29 is 14.3 Å². The van der Waals surface area contributed by atoms with Crippen LogP contribution in [0.1, 0.15) is 32.1 Å². The largest absolute Gasteiger partial charge is 0.347 e. The van der Waals surface area contributed by atoms with E-state index in [2.05, 4.69) is 0 Å². The zero-order valence-electron chi connectivity index (χ0n) is 9.33. The molecule has 1 heterocycles. The lowest BCUT2D eigenvalue weighted by atomic mass is 9.88. The topological polar surface area (TPSA) is 35.5 Å². The van der Waals surface area contributed by atoms with Gasteiger partial charge in [0.15, 0.2) is 11.6 Å². The minimum Gasteiger partial charge on any atom is -0.347 e. The van der Waals surface area contributed by atoms with E-state index < -0.39 is 5.79 Å². The Morgan fingerprint density at radius 3 is 2.81 bits per heavy atom. The van der Waals surface area contributed by atoms with E-state index in [1.165, 1.54) is 5.57 Å². The lowest BCUT2D eigenvalue weighted by Crippen LogP contribution is -2.37. The van der Waals surface area contributed by atoms with Gasteiger partial charge in [-0.3, -0.25) is 4.79 Å². The monoisotopic (exact) mass is 220 g/mol. The van der Waals surface area contributed by atoms with Crippen LogP contribution in [-0.4, -0.2) is 24.8 Å². The third-order valence-electron chi connectivity index (χ3n) is 4.74. The van der Waals surface area contributed by atoms with Gasteiger partial charge in [-0.25, -0.2) is 0 Å². The Labute approximate surface area is 94.8 Å². The highest BCUT2D eigenvalue weighted by Crippen LogP contribution is 2.58. The molecule has 0 N–H and O–H groups in total. The van der Waals surface area contributed by atoms with Crippen LogP contribution in [0.2, 0.25) is 0 Å². The van der Waals surface area contributed by atoms with Gasteiger partial charge in [0.25, 0.3) is 0 Å². The van der Waals surface area contributed by atoms with Crippen molar-refractivity contribution in [2.24, 2.45) is 11.8 Å². The van der Waals surface area contributed by atoms with Gasteiger partial charge in [0.1, 0.15) is 0 Å². The van der Waals surface area contributed by atoms with Crippen LogP contribution in [0.3, 0.4) is 0 Å². The third kappa shape index (κ3) is 0.986. The first kappa shape index (κ1) is 9.37. The van der Waals surface area contributed by atoms with Gasteiger partial charge in [-0.05, 0) is 25.2 Å². The van der Waals surface area contributed by atoms with Crippen LogP contribution in [0, 0.1) is 11.8 Å². The first-order valence-electron chi connectivity index (χ1n) is 6.33. The number of ketones is 1. The predicted molar refractivity (Wildman–Crippen MR) is 56.7 cm³/mol. The molecule has 16 heavy (non-hydrogen) atoms. The van der Waals surface area contributed by atoms with Gasteiger partial charge in [0.05, 0.1) is 13.2 Å². The summed E-state index contributed by atoms with van der Waals surface area (Å²) in [7, 11) is 0. The number of carbonyl (C=O) groups excluding carboxylic acids is 1. The minimum absolute atomic E-state index is 0.264. The number of allylic oxidation sites excluding steroid dienone is 1. The fourth-order valence-electron chi connectivity index (χ4n) is 4.19. The zero-order valence-corrected chi connectivity index (χ0v) is 9.33. The molecular formula is C13H16O3. The van der Waals surface area contributed by atoms with Crippen molar-refractivity contribution >= 4 is 5.78 Å². The Balaban J connectivity index is 1.78. The van der Waals surface area contributed by atoms with Crippen LogP contribution >= 0.6 is 0 Å². The number of fused-ring (bicyclic) bond motifs is 3. The van der Waals surface area contributed by atoms with Crippen molar-refractivity contribution in [1.29, 1.82) is 0 Å². The molecule has 2 atom stereocenters. The Hall–Kier alpha value is -0.670. The summed E-state index contributed by atoms with van der Waals surface area (Å²) in [4.78, 5) is 12.0. The Bertz CT molecular complexity index is 390. The maximum absolute atomic E-state index is 12.0. The summed E-state index contributed by atoms with van der Waals surface area (Å²) in [5.41, 5.74) is 2.52. The second kappa shape index (κ2) is 2.96. The molecule has 86 valence electrons. The summed E-state index contributed by atoms with van der Waals surface area (Å²) in [6.07, 6.45) is 4.98. The molecule has 1 aliphatic heterocycles. The van der Waals surface area contributed by atoms with Crippen molar-refractivity contribution in [2.75, 3.05) is 13.2 Å². The van der Waals surface area contributed by atoms with Crippen molar-refractivity contribution in [2.45, 2.75) is 37.9 Å². The number of hydrogen-bond acceptors (Lipinski definition) is 3. The summed E-state index contributed by atoms with van der Waals surface area (Å²) in [5.74, 6) is 0.831. The van der Waals surface area contributed by atoms with Crippen molar-refractivity contribution in [3.8, 4) is 0 Å². The molecule has 0 unspecified atom stereocenters. The van der Waals surface area contributed by atoms with Gasteiger partial charge in [0.2, 0.25) is 0 Å². The molecule has 1 spiro atoms. The third-order valence-corrected chi connectivity index (χ3v) is 4.74. The van der Waals surface area contributed by atoms with E-state index in [0.29, 0.717) is 24.9 Å². The first-order chi connectivity index (χ1) is 7.80. The molecule has 3 nitrogen and oxygen atoms in total. The Kier molecular flexibility index (Phi) is 1.73. The van der Waals surface area contributed by atoms with Crippen molar-refractivity contribution in [3.63, 3.8) is 0 Å². The summed E-state index contributed by atoms with van der Waals surface area (Å²) in [6.45, 7) is 1.39. The minimum atomic E-state index is -0.415. The second-order valence-electron chi connectivity index (χ2n) is 5.43. The van der Waals surface area contributed by atoms with Crippen LogP contribution in [0.15, 0.2) is 11.1 Å². The fourth-order valence-corrected chi connectivity index (χ4v) is 4.19.